The maximum atomic E-state index is 11.7. The van der Waals surface area contributed by atoms with Crippen LogP contribution in [-0.2, 0) is 16.0 Å². The van der Waals surface area contributed by atoms with Crippen LogP contribution in [0.5, 0.6) is 5.75 Å². The molecule has 0 radical (unpaired) electrons. The Hall–Kier alpha value is -1.55. The highest BCUT2D eigenvalue weighted by atomic mass is 16.5. The van der Waals surface area contributed by atoms with Gasteiger partial charge in [0.05, 0.1) is 38.8 Å². The first-order valence-corrected chi connectivity index (χ1v) is 8.95. The molecule has 0 saturated carbocycles. The van der Waals surface area contributed by atoms with Crippen molar-refractivity contribution in [1.29, 1.82) is 0 Å². The number of carbonyl (C=O) groups excluding carboxylic acids is 1. The van der Waals surface area contributed by atoms with Crippen LogP contribution in [0.25, 0.3) is 0 Å². The molecule has 0 unspecified atom stereocenters. The summed E-state index contributed by atoms with van der Waals surface area (Å²) in [5.41, 5.74) is 1.27. The van der Waals surface area contributed by atoms with Crippen molar-refractivity contribution in [2.45, 2.75) is 39.5 Å². The van der Waals surface area contributed by atoms with Gasteiger partial charge < -0.3 is 14.4 Å². The van der Waals surface area contributed by atoms with Gasteiger partial charge in [0, 0.05) is 19.3 Å². The number of nitrogens with one attached hydrogen (secondary N) is 1. The predicted molar refractivity (Wildman–Crippen MR) is 90.9 cm³/mol. The molecule has 1 aliphatic rings. The van der Waals surface area contributed by atoms with Gasteiger partial charge in [-0.2, -0.15) is 0 Å². The molecule has 0 bridgehead atoms. The van der Waals surface area contributed by atoms with E-state index in [4.69, 9.17) is 9.47 Å². The molecule has 1 heterocycles. The minimum atomic E-state index is -0.00828. The molecule has 1 aliphatic heterocycles. The lowest BCUT2D eigenvalue weighted by molar-refractivity contribution is -0.906. The van der Waals surface area contributed by atoms with Gasteiger partial charge in [-0.15, -0.1) is 0 Å². The number of piperidine rings is 1. The fourth-order valence-electron chi connectivity index (χ4n) is 3.21. The maximum Gasteiger partial charge on any atom is 0.309 e. The lowest BCUT2D eigenvalue weighted by Gasteiger charge is -2.28. The van der Waals surface area contributed by atoms with Crippen molar-refractivity contribution in [3.05, 3.63) is 29.8 Å². The van der Waals surface area contributed by atoms with Crippen molar-refractivity contribution in [2.75, 3.05) is 32.8 Å². The summed E-state index contributed by atoms with van der Waals surface area (Å²) in [6.07, 6.45) is 3.96. The molecule has 0 aromatic heterocycles. The van der Waals surface area contributed by atoms with E-state index in [9.17, 15) is 4.79 Å². The van der Waals surface area contributed by atoms with Crippen molar-refractivity contribution in [1.82, 2.24) is 0 Å². The second-order valence-electron chi connectivity index (χ2n) is 6.19. The molecular weight excluding hydrogens is 290 g/mol. The van der Waals surface area contributed by atoms with Gasteiger partial charge in [-0.05, 0) is 25.0 Å². The van der Waals surface area contributed by atoms with E-state index in [1.54, 1.807) is 4.90 Å². The number of para-hydroxylation sites is 1. The van der Waals surface area contributed by atoms with E-state index in [1.807, 2.05) is 13.0 Å². The SMILES string of the molecule is CCOC(=O)C1CC[NH+](CCCOc2ccccc2CC)CC1. The van der Waals surface area contributed by atoms with Crippen LogP contribution in [0.1, 0.15) is 38.7 Å². The van der Waals surface area contributed by atoms with E-state index in [2.05, 4.69) is 25.1 Å². The zero-order valence-corrected chi connectivity index (χ0v) is 14.5. The summed E-state index contributed by atoms with van der Waals surface area (Å²) in [5, 5.41) is 0. The first-order chi connectivity index (χ1) is 11.2. The number of carbonyl (C=O) groups is 1. The van der Waals surface area contributed by atoms with Crippen LogP contribution >= 0.6 is 0 Å². The fourth-order valence-corrected chi connectivity index (χ4v) is 3.21. The summed E-state index contributed by atoms with van der Waals surface area (Å²) in [6, 6.07) is 8.26. The predicted octanol–water partition coefficient (Wildman–Crippen LogP) is 1.88. The molecule has 4 heteroatoms. The molecule has 0 atom stereocenters. The van der Waals surface area contributed by atoms with E-state index in [-0.39, 0.29) is 11.9 Å². The van der Waals surface area contributed by atoms with E-state index in [0.29, 0.717) is 6.61 Å². The Balaban J connectivity index is 1.63. The van der Waals surface area contributed by atoms with Crippen molar-refractivity contribution < 1.29 is 19.2 Å². The zero-order chi connectivity index (χ0) is 16.5. The van der Waals surface area contributed by atoms with Crippen LogP contribution in [0.15, 0.2) is 24.3 Å². The lowest BCUT2D eigenvalue weighted by Crippen LogP contribution is -3.13. The second kappa shape index (κ2) is 9.56. The molecule has 1 aromatic carbocycles. The smallest absolute Gasteiger partial charge is 0.309 e. The van der Waals surface area contributed by atoms with Crippen molar-refractivity contribution >= 4 is 5.97 Å². The third-order valence-electron chi connectivity index (χ3n) is 4.60. The Labute approximate surface area is 139 Å². The molecule has 4 nitrogen and oxygen atoms in total. The van der Waals surface area contributed by atoms with E-state index < -0.39 is 0 Å². The first-order valence-electron chi connectivity index (χ1n) is 8.95. The highest BCUT2D eigenvalue weighted by molar-refractivity contribution is 5.72. The van der Waals surface area contributed by atoms with Gasteiger partial charge in [-0.25, -0.2) is 0 Å². The Morgan fingerprint density at radius 3 is 2.65 bits per heavy atom. The highest BCUT2D eigenvalue weighted by Crippen LogP contribution is 2.18. The number of quaternary nitrogens is 1. The van der Waals surface area contributed by atoms with Crippen LogP contribution in [0, 0.1) is 5.92 Å². The summed E-state index contributed by atoms with van der Waals surface area (Å²) in [7, 11) is 0. The monoisotopic (exact) mass is 320 g/mol. The summed E-state index contributed by atoms with van der Waals surface area (Å²) in [6.45, 7) is 8.52. The third-order valence-corrected chi connectivity index (χ3v) is 4.60. The Morgan fingerprint density at radius 2 is 1.96 bits per heavy atom. The van der Waals surface area contributed by atoms with Gasteiger partial charge in [0.1, 0.15) is 5.75 Å². The zero-order valence-electron chi connectivity index (χ0n) is 14.5. The molecule has 0 aliphatic carbocycles. The normalized spacial score (nSPS) is 21.0. The maximum absolute atomic E-state index is 11.7. The molecule has 1 saturated heterocycles. The number of hydrogen-bond donors (Lipinski definition) is 1. The minimum Gasteiger partial charge on any atom is -0.493 e. The largest absolute Gasteiger partial charge is 0.493 e. The van der Waals surface area contributed by atoms with Crippen molar-refractivity contribution in [3.8, 4) is 5.75 Å². The number of esters is 1. The Bertz CT molecular complexity index is 481. The Morgan fingerprint density at radius 1 is 1.22 bits per heavy atom. The standard InChI is InChI=1S/C19H29NO3/c1-3-16-8-5-6-9-18(16)23-15-7-12-20-13-10-17(11-14-20)19(21)22-4-2/h5-6,8-9,17H,3-4,7,10-15H2,1-2H3/p+1. The summed E-state index contributed by atoms with van der Waals surface area (Å²) in [5.74, 6) is 1.13. The molecule has 128 valence electrons. The molecule has 0 amide bonds. The number of ether oxygens (including phenoxy) is 2. The lowest BCUT2D eigenvalue weighted by atomic mass is 9.97. The van der Waals surface area contributed by atoms with Gasteiger partial charge in [0.2, 0.25) is 0 Å². The topological polar surface area (TPSA) is 40.0 Å². The van der Waals surface area contributed by atoms with Crippen LogP contribution in [0.4, 0.5) is 0 Å². The fraction of sp³-hybridized carbons (Fsp3) is 0.632. The van der Waals surface area contributed by atoms with Crippen LogP contribution < -0.4 is 9.64 Å². The van der Waals surface area contributed by atoms with Gasteiger partial charge in [-0.3, -0.25) is 4.79 Å². The van der Waals surface area contributed by atoms with E-state index in [0.717, 1.165) is 57.7 Å². The number of benzene rings is 1. The number of aryl methyl sites for hydroxylation is 1. The summed E-state index contributed by atoms with van der Waals surface area (Å²) < 4.78 is 11.0. The average molecular weight is 320 g/mol. The van der Waals surface area contributed by atoms with Gasteiger partial charge >= 0.3 is 5.97 Å². The van der Waals surface area contributed by atoms with Gasteiger partial charge in [0.15, 0.2) is 0 Å². The van der Waals surface area contributed by atoms with Gasteiger partial charge in [-0.1, -0.05) is 25.1 Å². The van der Waals surface area contributed by atoms with Crippen LogP contribution in [-0.4, -0.2) is 38.8 Å². The quantitative estimate of drug-likeness (QED) is 0.587. The van der Waals surface area contributed by atoms with Crippen LogP contribution in [0.3, 0.4) is 0 Å². The van der Waals surface area contributed by atoms with Crippen LogP contribution in [0.2, 0.25) is 0 Å². The summed E-state index contributed by atoms with van der Waals surface area (Å²) >= 11 is 0. The number of likely N-dealkylation sites (tertiary alicyclic amines) is 1. The second-order valence-corrected chi connectivity index (χ2v) is 6.19. The van der Waals surface area contributed by atoms with E-state index >= 15 is 0 Å². The average Bonchev–Trinajstić information content (AvgIpc) is 2.60. The highest BCUT2D eigenvalue weighted by Gasteiger charge is 2.27. The number of hydrogen-bond acceptors (Lipinski definition) is 3. The summed E-state index contributed by atoms with van der Waals surface area (Å²) in [4.78, 5) is 13.3. The van der Waals surface area contributed by atoms with E-state index in [1.165, 1.54) is 5.56 Å². The van der Waals surface area contributed by atoms with Gasteiger partial charge in [0.25, 0.3) is 0 Å². The van der Waals surface area contributed by atoms with Crippen molar-refractivity contribution in [2.24, 2.45) is 5.92 Å². The molecule has 1 N–H and O–H groups in total. The molecule has 1 fully saturated rings. The van der Waals surface area contributed by atoms with Crippen molar-refractivity contribution in [3.63, 3.8) is 0 Å². The third kappa shape index (κ3) is 5.54. The molecule has 2 rings (SSSR count). The molecular formula is C19H30NO3+. The molecule has 1 aromatic rings. The number of rotatable bonds is 8. The molecule has 23 heavy (non-hydrogen) atoms. The first kappa shape index (κ1) is 17.8. The minimum absolute atomic E-state index is 0.00828. The Kier molecular flexibility index (Phi) is 7.40. The molecule has 0 spiro atoms.